The number of halogens is 2. The van der Waals surface area contributed by atoms with E-state index >= 15 is 0 Å². The Hall–Kier alpha value is -1.82. The van der Waals surface area contributed by atoms with Gasteiger partial charge >= 0.3 is 5.97 Å². The number of carbonyl (C=O) groups is 1. The summed E-state index contributed by atoms with van der Waals surface area (Å²) in [5, 5.41) is 3.57. The molecule has 1 N–H and O–H groups in total. The van der Waals surface area contributed by atoms with Gasteiger partial charge in [0.25, 0.3) is 0 Å². The summed E-state index contributed by atoms with van der Waals surface area (Å²) in [6.07, 6.45) is 0. The number of hydrogen-bond donors (Lipinski definition) is 1. The summed E-state index contributed by atoms with van der Waals surface area (Å²) >= 11 is 5.75. The predicted molar refractivity (Wildman–Crippen MR) is 71.3 cm³/mol. The fourth-order valence-corrected chi connectivity index (χ4v) is 1.44. The highest BCUT2D eigenvalue weighted by molar-refractivity contribution is 6.35. The molecular formula is C12H14ClFN2O3. The van der Waals surface area contributed by atoms with Crippen molar-refractivity contribution in [2.24, 2.45) is 5.10 Å². The van der Waals surface area contributed by atoms with Crippen molar-refractivity contribution in [2.45, 2.75) is 13.8 Å². The van der Waals surface area contributed by atoms with E-state index in [9.17, 15) is 9.18 Å². The molecule has 1 rings (SSSR count). The molecule has 7 heteroatoms. The van der Waals surface area contributed by atoms with Crippen LogP contribution in [-0.4, -0.2) is 25.4 Å². The van der Waals surface area contributed by atoms with Crippen molar-refractivity contribution in [3.63, 3.8) is 0 Å². The lowest BCUT2D eigenvalue weighted by Gasteiger charge is -2.08. The summed E-state index contributed by atoms with van der Waals surface area (Å²) in [5.74, 6) is -1.06. The smallest absolute Gasteiger partial charge is 0.354 e. The largest absolute Gasteiger partial charge is 0.495 e. The maximum absolute atomic E-state index is 13.8. The topological polar surface area (TPSA) is 59.9 Å². The Labute approximate surface area is 115 Å². The number of hydrogen-bond acceptors (Lipinski definition) is 5. The summed E-state index contributed by atoms with van der Waals surface area (Å²) in [6.45, 7) is 3.38. The van der Waals surface area contributed by atoms with Crippen molar-refractivity contribution < 1.29 is 18.7 Å². The van der Waals surface area contributed by atoms with Crippen LogP contribution in [0.5, 0.6) is 5.75 Å². The first-order valence-corrected chi connectivity index (χ1v) is 5.88. The second-order valence-electron chi connectivity index (χ2n) is 3.47. The van der Waals surface area contributed by atoms with E-state index < -0.39 is 11.8 Å². The maximum Gasteiger partial charge on any atom is 0.354 e. The number of nitrogens with one attached hydrogen (secondary N) is 1. The molecule has 5 nitrogen and oxygen atoms in total. The van der Waals surface area contributed by atoms with Crippen LogP contribution >= 0.6 is 11.6 Å². The van der Waals surface area contributed by atoms with E-state index in [1.165, 1.54) is 26.2 Å². The Bertz CT molecular complexity index is 506. The van der Waals surface area contributed by atoms with Gasteiger partial charge in [-0.3, -0.25) is 5.43 Å². The van der Waals surface area contributed by atoms with Crippen LogP contribution in [-0.2, 0) is 9.53 Å². The molecule has 1 aromatic rings. The Kier molecular flexibility index (Phi) is 5.57. The number of rotatable bonds is 5. The first kappa shape index (κ1) is 15.2. The van der Waals surface area contributed by atoms with Gasteiger partial charge in [0, 0.05) is 0 Å². The third-order valence-corrected chi connectivity index (χ3v) is 2.53. The van der Waals surface area contributed by atoms with Crippen molar-refractivity contribution in [3.05, 3.63) is 23.0 Å². The molecule has 0 aliphatic carbocycles. The average Bonchev–Trinajstić information content (AvgIpc) is 2.40. The predicted octanol–water partition coefficient (Wildman–Crippen LogP) is 2.84. The normalized spacial score (nSPS) is 11.1. The minimum Gasteiger partial charge on any atom is -0.495 e. The lowest BCUT2D eigenvalue weighted by Crippen LogP contribution is -2.15. The van der Waals surface area contributed by atoms with E-state index in [2.05, 4.69) is 10.5 Å². The molecule has 0 aliphatic rings. The Morgan fingerprint density at radius 2 is 2.21 bits per heavy atom. The standard InChI is InChI=1S/C12H14ClFN2O3/c1-4-19-12(17)7(2)15-16-8-5-6-9(18-3)10(13)11(8)14/h5-6,16H,4H2,1-3H3/b15-7+. The minimum atomic E-state index is -0.707. The van der Waals surface area contributed by atoms with Gasteiger partial charge < -0.3 is 9.47 Å². The zero-order valence-corrected chi connectivity index (χ0v) is 11.5. The minimum absolute atomic E-state index is 0.0365. The molecule has 0 aromatic heterocycles. The number of esters is 1. The van der Waals surface area contributed by atoms with E-state index in [-0.39, 0.29) is 28.8 Å². The highest BCUT2D eigenvalue weighted by Crippen LogP contribution is 2.31. The summed E-state index contributed by atoms with van der Waals surface area (Å²) in [4.78, 5) is 11.3. The molecule has 104 valence electrons. The molecule has 0 bridgehead atoms. The SMILES string of the molecule is CCOC(=O)/C(C)=N/Nc1ccc(OC)c(Cl)c1F. The molecule has 19 heavy (non-hydrogen) atoms. The van der Waals surface area contributed by atoms with E-state index in [0.717, 1.165) is 0 Å². The fraction of sp³-hybridized carbons (Fsp3) is 0.333. The molecule has 1 aromatic carbocycles. The Balaban J connectivity index is 2.87. The van der Waals surface area contributed by atoms with Crippen LogP contribution in [0.25, 0.3) is 0 Å². The zero-order chi connectivity index (χ0) is 14.4. The molecule has 0 unspecified atom stereocenters. The van der Waals surface area contributed by atoms with Gasteiger partial charge in [-0.15, -0.1) is 0 Å². The first-order valence-electron chi connectivity index (χ1n) is 5.50. The van der Waals surface area contributed by atoms with Gasteiger partial charge in [-0.25, -0.2) is 9.18 Å². The fourth-order valence-electron chi connectivity index (χ4n) is 1.20. The lowest BCUT2D eigenvalue weighted by atomic mass is 10.3. The monoisotopic (exact) mass is 288 g/mol. The van der Waals surface area contributed by atoms with Crippen molar-refractivity contribution in [1.29, 1.82) is 0 Å². The lowest BCUT2D eigenvalue weighted by molar-refractivity contribution is -0.135. The molecule has 0 radical (unpaired) electrons. The highest BCUT2D eigenvalue weighted by atomic mass is 35.5. The molecule has 0 fully saturated rings. The molecule has 0 amide bonds. The summed E-state index contributed by atoms with van der Waals surface area (Å²) in [7, 11) is 1.39. The molecule has 0 saturated heterocycles. The van der Waals surface area contributed by atoms with E-state index in [0.29, 0.717) is 0 Å². The Morgan fingerprint density at radius 3 is 2.79 bits per heavy atom. The third kappa shape index (κ3) is 3.82. The number of nitrogens with zero attached hydrogens (tertiary/aromatic N) is 1. The van der Waals surface area contributed by atoms with Crippen molar-refractivity contribution >= 4 is 29.0 Å². The summed E-state index contributed by atoms with van der Waals surface area (Å²) in [5.41, 5.74) is 2.53. The van der Waals surface area contributed by atoms with Gasteiger partial charge in [-0.1, -0.05) is 11.6 Å². The number of anilines is 1. The van der Waals surface area contributed by atoms with Crippen molar-refractivity contribution in [3.8, 4) is 5.75 Å². The zero-order valence-electron chi connectivity index (χ0n) is 10.8. The van der Waals surface area contributed by atoms with Gasteiger partial charge in [-0.2, -0.15) is 5.10 Å². The van der Waals surface area contributed by atoms with Crippen LogP contribution in [0.15, 0.2) is 17.2 Å². The van der Waals surface area contributed by atoms with E-state index in [1.54, 1.807) is 6.92 Å². The van der Waals surface area contributed by atoms with Crippen LogP contribution < -0.4 is 10.2 Å². The number of benzene rings is 1. The number of ether oxygens (including phenoxy) is 2. The van der Waals surface area contributed by atoms with Crippen LogP contribution in [0.4, 0.5) is 10.1 Å². The van der Waals surface area contributed by atoms with E-state index in [4.69, 9.17) is 21.1 Å². The van der Waals surface area contributed by atoms with Crippen molar-refractivity contribution in [2.75, 3.05) is 19.1 Å². The number of hydrazone groups is 1. The molecule has 0 aliphatic heterocycles. The van der Waals surface area contributed by atoms with Crippen LogP contribution in [0, 0.1) is 5.82 Å². The summed E-state index contributed by atoms with van der Waals surface area (Å²) in [6, 6.07) is 2.89. The maximum atomic E-state index is 13.8. The van der Waals surface area contributed by atoms with E-state index in [1.807, 2.05) is 0 Å². The van der Waals surface area contributed by atoms with Crippen LogP contribution in [0.2, 0.25) is 5.02 Å². The molecule has 0 heterocycles. The summed E-state index contributed by atoms with van der Waals surface area (Å²) < 4.78 is 23.4. The molecule has 0 spiro atoms. The second-order valence-corrected chi connectivity index (χ2v) is 3.85. The van der Waals surface area contributed by atoms with Crippen LogP contribution in [0.1, 0.15) is 13.8 Å². The van der Waals surface area contributed by atoms with Gasteiger partial charge in [0.05, 0.1) is 19.4 Å². The van der Waals surface area contributed by atoms with Gasteiger partial charge in [0.1, 0.15) is 16.5 Å². The molecular weight excluding hydrogens is 275 g/mol. The van der Waals surface area contributed by atoms with Crippen LogP contribution in [0.3, 0.4) is 0 Å². The second kappa shape index (κ2) is 6.94. The number of carbonyl (C=O) groups excluding carboxylic acids is 1. The van der Waals surface area contributed by atoms with Gasteiger partial charge in [-0.05, 0) is 26.0 Å². The quantitative estimate of drug-likeness (QED) is 0.514. The van der Waals surface area contributed by atoms with Gasteiger partial charge in [0.15, 0.2) is 5.82 Å². The third-order valence-electron chi connectivity index (χ3n) is 2.18. The first-order chi connectivity index (χ1) is 9.01. The molecule has 0 atom stereocenters. The highest BCUT2D eigenvalue weighted by Gasteiger charge is 2.12. The Morgan fingerprint density at radius 1 is 1.53 bits per heavy atom. The van der Waals surface area contributed by atoms with Gasteiger partial charge in [0.2, 0.25) is 0 Å². The van der Waals surface area contributed by atoms with Crippen molar-refractivity contribution in [1.82, 2.24) is 0 Å². The molecule has 0 saturated carbocycles. The number of methoxy groups -OCH3 is 1. The average molecular weight is 289 g/mol.